The number of rotatable bonds is 50. The minimum atomic E-state index is -0.758. The minimum Gasteiger partial charge on any atom is -0.462 e. The summed E-state index contributed by atoms with van der Waals surface area (Å²) in [6, 6.07) is 0. The summed E-state index contributed by atoms with van der Waals surface area (Å²) >= 11 is 0. The van der Waals surface area contributed by atoms with E-state index in [0.717, 1.165) is 57.8 Å². The highest BCUT2D eigenvalue weighted by atomic mass is 16.6. The first-order valence-electron chi connectivity index (χ1n) is 27.0. The summed E-state index contributed by atoms with van der Waals surface area (Å²) in [6.45, 7) is 6.64. The van der Waals surface area contributed by atoms with Crippen LogP contribution < -0.4 is 0 Å². The molecule has 0 aromatic heterocycles. The van der Waals surface area contributed by atoms with Crippen LogP contribution in [0.15, 0.2) is 0 Å². The second kappa shape index (κ2) is 50.1. The molecule has 60 heavy (non-hydrogen) atoms. The second-order valence-electron chi connectivity index (χ2n) is 18.5. The summed E-state index contributed by atoms with van der Waals surface area (Å²) in [5, 5.41) is 0. The van der Waals surface area contributed by atoms with Crippen LogP contribution in [-0.4, -0.2) is 37.2 Å². The van der Waals surface area contributed by atoms with E-state index in [9.17, 15) is 14.4 Å². The number of hydrogen-bond donors (Lipinski definition) is 0. The molecule has 0 aromatic carbocycles. The Bertz CT molecular complexity index is 889. The van der Waals surface area contributed by atoms with Gasteiger partial charge in [0, 0.05) is 19.3 Å². The van der Waals surface area contributed by atoms with Gasteiger partial charge in [0.2, 0.25) is 0 Å². The van der Waals surface area contributed by atoms with Gasteiger partial charge < -0.3 is 14.2 Å². The van der Waals surface area contributed by atoms with Crippen LogP contribution >= 0.6 is 0 Å². The highest BCUT2D eigenvalue weighted by Crippen LogP contribution is 2.17. The lowest BCUT2D eigenvalue weighted by molar-refractivity contribution is -0.167. The first-order valence-corrected chi connectivity index (χ1v) is 27.0. The highest BCUT2D eigenvalue weighted by Gasteiger charge is 2.19. The smallest absolute Gasteiger partial charge is 0.306 e. The molecular weight excluding hydrogens is 745 g/mol. The lowest BCUT2D eigenvalue weighted by Crippen LogP contribution is -2.30. The second-order valence-corrected chi connectivity index (χ2v) is 18.5. The predicted molar refractivity (Wildman–Crippen MR) is 257 cm³/mol. The van der Waals surface area contributed by atoms with Crippen molar-refractivity contribution in [1.29, 1.82) is 0 Å². The van der Waals surface area contributed by atoms with Gasteiger partial charge in [0.1, 0.15) is 13.2 Å². The lowest BCUT2D eigenvalue weighted by Gasteiger charge is -2.18. The molecule has 0 aromatic rings. The Balaban J connectivity index is 4.04. The van der Waals surface area contributed by atoms with Gasteiger partial charge in [-0.1, -0.05) is 271 Å². The van der Waals surface area contributed by atoms with Crippen molar-refractivity contribution in [2.75, 3.05) is 13.2 Å². The molecule has 1 atom stereocenters. The molecule has 0 aliphatic rings. The van der Waals surface area contributed by atoms with Crippen molar-refractivity contribution >= 4 is 17.9 Å². The molecule has 1 unspecified atom stereocenters. The lowest BCUT2D eigenvalue weighted by atomic mass is 10.0. The van der Waals surface area contributed by atoms with Crippen molar-refractivity contribution in [3.63, 3.8) is 0 Å². The maximum Gasteiger partial charge on any atom is 0.306 e. The molecule has 0 saturated heterocycles. The van der Waals surface area contributed by atoms with Crippen LogP contribution in [0, 0.1) is 0 Å². The van der Waals surface area contributed by atoms with Crippen molar-refractivity contribution in [2.45, 2.75) is 316 Å². The normalized spacial score (nSPS) is 11.8. The zero-order valence-electron chi connectivity index (χ0n) is 40.8. The van der Waals surface area contributed by atoms with Crippen molar-refractivity contribution in [1.82, 2.24) is 0 Å². The van der Waals surface area contributed by atoms with Gasteiger partial charge in [0.15, 0.2) is 6.10 Å². The first-order chi connectivity index (χ1) is 29.5. The SMILES string of the molecule is CCCCCCCCCCCCCCCCCCCCCCCCCCC(=O)OCC(COC(=O)CCCCCCCCCCC)OC(=O)CCCCCCCCCCC. The molecule has 356 valence electrons. The van der Waals surface area contributed by atoms with Crippen molar-refractivity contribution in [3.8, 4) is 0 Å². The van der Waals surface area contributed by atoms with Gasteiger partial charge in [0.05, 0.1) is 0 Å². The molecule has 0 heterocycles. The average molecular weight is 849 g/mol. The number of carbonyl (C=O) groups excluding carboxylic acids is 3. The number of unbranched alkanes of at least 4 members (excludes halogenated alkanes) is 39. The summed E-state index contributed by atoms with van der Waals surface area (Å²) in [7, 11) is 0. The molecule has 0 aliphatic heterocycles. The summed E-state index contributed by atoms with van der Waals surface area (Å²) in [5.74, 6) is -0.849. The number of esters is 3. The fourth-order valence-electron chi connectivity index (χ4n) is 8.27. The van der Waals surface area contributed by atoms with Crippen LogP contribution in [0.1, 0.15) is 310 Å². The predicted octanol–water partition coefficient (Wildman–Crippen LogP) is 17.6. The van der Waals surface area contributed by atoms with E-state index in [4.69, 9.17) is 14.2 Å². The Morgan fingerprint density at radius 1 is 0.267 bits per heavy atom. The van der Waals surface area contributed by atoms with Crippen LogP contribution in [0.4, 0.5) is 0 Å². The van der Waals surface area contributed by atoms with Crippen LogP contribution in [0.3, 0.4) is 0 Å². The maximum absolute atomic E-state index is 12.7. The van der Waals surface area contributed by atoms with Gasteiger partial charge in [-0.2, -0.15) is 0 Å². The molecule has 0 fully saturated rings. The van der Waals surface area contributed by atoms with E-state index in [1.165, 1.54) is 212 Å². The zero-order valence-corrected chi connectivity index (χ0v) is 40.8. The van der Waals surface area contributed by atoms with Gasteiger partial charge in [0.25, 0.3) is 0 Å². The van der Waals surface area contributed by atoms with E-state index in [-0.39, 0.29) is 31.1 Å². The van der Waals surface area contributed by atoms with Gasteiger partial charge >= 0.3 is 17.9 Å². The van der Waals surface area contributed by atoms with Crippen molar-refractivity contribution < 1.29 is 28.6 Å². The first kappa shape index (κ1) is 58.4. The monoisotopic (exact) mass is 849 g/mol. The third-order valence-electron chi connectivity index (χ3n) is 12.4. The van der Waals surface area contributed by atoms with Gasteiger partial charge in [-0.05, 0) is 19.3 Å². The molecule has 0 amide bonds. The zero-order chi connectivity index (χ0) is 43.7. The Labute approximate surface area is 374 Å². The van der Waals surface area contributed by atoms with Gasteiger partial charge in [-0.3, -0.25) is 14.4 Å². The summed E-state index contributed by atoms with van der Waals surface area (Å²) in [5.41, 5.74) is 0. The molecule has 0 rings (SSSR count). The minimum absolute atomic E-state index is 0.0625. The van der Waals surface area contributed by atoms with Crippen LogP contribution in [0.25, 0.3) is 0 Å². The number of carbonyl (C=O) groups is 3. The van der Waals surface area contributed by atoms with Crippen LogP contribution in [-0.2, 0) is 28.6 Å². The van der Waals surface area contributed by atoms with E-state index in [2.05, 4.69) is 20.8 Å². The molecule has 0 N–H and O–H groups in total. The fourth-order valence-corrected chi connectivity index (χ4v) is 8.27. The Hall–Kier alpha value is -1.59. The summed E-state index contributed by atoms with van der Waals surface area (Å²) in [4.78, 5) is 37.8. The average Bonchev–Trinajstić information content (AvgIpc) is 3.24. The van der Waals surface area contributed by atoms with Gasteiger partial charge in [-0.25, -0.2) is 0 Å². The Kier molecular flexibility index (Phi) is 48.7. The molecule has 6 nitrogen and oxygen atoms in total. The molecule has 0 radical (unpaired) electrons. The largest absolute Gasteiger partial charge is 0.462 e. The number of hydrogen-bond acceptors (Lipinski definition) is 6. The molecule has 0 spiro atoms. The quantitative estimate of drug-likeness (QED) is 0.0345. The maximum atomic E-state index is 12.7. The molecule has 0 aliphatic carbocycles. The van der Waals surface area contributed by atoms with Crippen molar-refractivity contribution in [3.05, 3.63) is 0 Å². The molecule has 6 heteroatoms. The van der Waals surface area contributed by atoms with E-state index in [0.29, 0.717) is 19.3 Å². The van der Waals surface area contributed by atoms with E-state index in [1.807, 2.05) is 0 Å². The van der Waals surface area contributed by atoms with Crippen LogP contribution in [0.2, 0.25) is 0 Å². The third kappa shape index (κ3) is 47.5. The Morgan fingerprint density at radius 3 is 0.667 bits per heavy atom. The number of ether oxygens (including phenoxy) is 3. The Morgan fingerprint density at radius 2 is 0.450 bits per heavy atom. The van der Waals surface area contributed by atoms with E-state index >= 15 is 0 Å². The highest BCUT2D eigenvalue weighted by molar-refractivity contribution is 5.71. The topological polar surface area (TPSA) is 78.9 Å². The van der Waals surface area contributed by atoms with E-state index in [1.54, 1.807) is 0 Å². The molecular formula is C54H104O6. The molecule has 0 saturated carbocycles. The fraction of sp³-hybridized carbons (Fsp3) is 0.944. The van der Waals surface area contributed by atoms with Crippen LogP contribution in [0.5, 0.6) is 0 Å². The van der Waals surface area contributed by atoms with Gasteiger partial charge in [-0.15, -0.1) is 0 Å². The summed E-state index contributed by atoms with van der Waals surface area (Å²) in [6.07, 6.45) is 54.0. The van der Waals surface area contributed by atoms with E-state index < -0.39 is 6.10 Å². The van der Waals surface area contributed by atoms with Crippen molar-refractivity contribution in [2.24, 2.45) is 0 Å². The molecule has 0 bridgehead atoms. The summed E-state index contributed by atoms with van der Waals surface area (Å²) < 4.78 is 16.7. The third-order valence-corrected chi connectivity index (χ3v) is 12.4. The standard InChI is InChI=1S/C54H104O6/c1-4-7-10-13-16-19-20-21-22-23-24-25-26-27-28-29-30-31-32-33-36-38-41-44-47-53(56)59-50-51(60-54(57)48-45-42-39-35-18-15-12-9-6-3)49-58-52(55)46-43-40-37-34-17-14-11-8-5-2/h51H,4-50H2,1-3H3.